The van der Waals surface area contributed by atoms with Crippen LogP contribution >= 0.6 is 0 Å². The summed E-state index contributed by atoms with van der Waals surface area (Å²) in [6.45, 7) is 1.43. The van der Waals surface area contributed by atoms with Crippen molar-refractivity contribution in [2.24, 2.45) is 0 Å². The highest BCUT2D eigenvalue weighted by molar-refractivity contribution is 5.87. The van der Waals surface area contributed by atoms with E-state index in [9.17, 15) is 4.79 Å². The molecule has 0 heterocycles. The molecule has 9 heavy (non-hydrogen) atoms. The van der Waals surface area contributed by atoms with Gasteiger partial charge in [0.25, 0.3) is 0 Å². The topological polar surface area (TPSA) is 46.5 Å². The molecule has 0 aromatic rings. The molecule has 0 rings (SSSR count). The van der Waals surface area contributed by atoms with Gasteiger partial charge >= 0.3 is 0 Å². The third-order valence-corrected chi connectivity index (χ3v) is 0.581. The molecule has 0 aliphatic carbocycles. The average molecular weight is 128 g/mol. The van der Waals surface area contributed by atoms with Gasteiger partial charge in [0.15, 0.2) is 5.78 Å². The first-order chi connectivity index (χ1) is 4.27. The Hall–Kier alpha value is -1.09. The molecule has 0 fully saturated rings. The van der Waals surface area contributed by atoms with Gasteiger partial charge in [0.2, 0.25) is 0 Å². The number of carbonyl (C=O) groups excluding carboxylic acids is 1. The Morgan fingerprint density at radius 3 is 2.67 bits per heavy atom. The second kappa shape index (κ2) is 5.05. The van der Waals surface area contributed by atoms with Crippen molar-refractivity contribution in [3.8, 4) is 0 Å². The Morgan fingerprint density at radius 1 is 1.56 bits per heavy atom. The van der Waals surface area contributed by atoms with E-state index in [0.717, 1.165) is 6.26 Å². The predicted octanol–water partition coefficient (Wildman–Crippen LogP) is 1.13. The van der Waals surface area contributed by atoms with Gasteiger partial charge in [-0.3, -0.25) is 4.79 Å². The van der Waals surface area contributed by atoms with Gasteiger partial charge in [-0.25, -0.2) is 5.26 Å². The van der Waals surface area contributed by atoms with Crippen LogP contribution in [0.3, 0.4) is 0 Å². The van der Waals surface area contributed by atoms with Gasteiger partial charge in [-0.1, -0.05) is 6.08 Å². The van der Waals surface area contributed by atoms with E-state index in [1.54, 1.807) is 0 Å². The van der Waals surface area contributed by atoms with Crippen LogP contribution in [-0.2, 0) is 9.68 Å². The Labute approximate surface area is 53.2 Å². The molecule has 0 aromatic carbocycles. The first-order valence-corrected chi connectivity index (χ1v) is 2.41. The van der Waals surface area contributed by atoms with Crippen molar-refractivity contribution in [3.05, 3.63) is 24.5 Å². The molecule has 0 atom stereocenters. The first kappa shape index (κ1) is 7.91. The fourth-order valence-corrected chi connectivity index (χ4v) is 0.272. The molecule has 0 saturated heterocycles. The molecule has 3 nitrogen and oxygen atoms in total. The number of hydrogen-bond acceptors (Lipinski definition) is 3. The van der Waals surface area contributed by atoms with E-state index in [1.165, 1.54) is 25.2 Å². The average Bonchev–Trinajstić information content (AvgIpc) is 1.80. The number of rotatable bonds is 3. The van der Waals surface area contributed by atoms with Crippen LogP contribution in [0, 0.1) is 0 Å². The van der Waals surface area contributed by atoms with E-state index < -0.39 is 0 Å². The highest BCUT2D eigenvalue weighted by atomic mass is 17.1. The third-order valence-electron chi connectivity index (χ3n) is 0.581. The minimum Gasteiger partial charge on any atom is -0.348 e. The Bertz CT molecular complexity index is 135. The largest absolute Gasteiger partial charge is 0.348 e. The standard InChI is InChI=1S/C6H8O3/c1-6(7)4-2-3-5-9-8/h2-5,8H,1H3/b4-2-,5-3+. The van der Waals surface area contributed by atoms with Gasteiger partial charge in [0.05, 0.1) is 0 Å². The molecule has 0 aromatic heterocycles. The molecule has 0 saturated carbocycles. The zero-order valence-corrected chi connectivity index (χ0v) is 5.07. The van der Waals surface area contributed by atoms with Crippen LogP contribution in [0.1, 0.15) is 6.92 Å². The monoisotopic (exact) mass is 128 g/mol. The lowest BCUT2D eigenvalue weighted by Gasteiger charge is -1.77. The smallest absolute Gasteiger partial charge is 0.152 e. The van der Waals surface area contributed by atoms with Crippen LogP contribution in [0.25, 0.3) is 0 Å². The van der Waals surface area contributed by atoms with Crippen molar-refractivity contribution >= 4 is 5.78 Å². The molecular weight excluding hydrogens is 120 g/mol. The van der Waals surface area contributed by atoms with Crippen LogP contribution in [-0.4, -0.2) is 11.0 Å². The van der Waals surface area contributed by atoms with Gasteiger partial charge in [0.1, 0.15) is 6.26 Å². The van der Waals surface area contributed by atoms with Crippen molar-refractivity contribution in [1.82, 2.24) is 0 Å². The third kappa shape index (κ3) is 6.91. The lowest BCUT2D eigenvalue weighted by Crippen LogP contribution is -1.77. The summed E-state index contributed by atoms with van der Waals surface area (Å²) in [5.41, 5.74) is 0. The van der Waals surface area contributed by atoms with Gasteiger partial charge in [-0.05, 0) is 19.1 Å². The zero-order chi connectivity index (χ0) is 7.11. The van der Waals surface area contributed by atoms with E-state index >= 15 is 0 Å². The van der Waals surface area contributed by atoms with Crippen molar-refractivity contribution in [2.75, 3.05) is 0 Å². The SMILES string of the molecule is CC(=O)/C=C\C=C\OO. The van der Waals surface area contributed by atoms with Crippen molar-refractivity contribution in [1.29, 1.82) is 0 Å². The summed E-state index contributed by atoms with van der Waals surface area (Å²) in [7, 11) is 0. The van der Waals surface area contributed by atoms with E-state index in [0.29, 0.717) is 0 Å². The summed E-state index contributed by atoms with van der Waals surface area (Å²) >= 11 is 0. The molecule has 1 N–H and O–H groups in total. The second-order valence-electron chi connectivity index (χ2n) is 1.40. The van der Waals surface area contributed by atoms with Crippen molar-refractivity contribution < 1.29 is 14.9 Å². The summed E-state index contributed by atoms with van der Waals surface area (Å²) < 4.78 is 0. The maximum atomic E-state index is 10.2. The summed E-state index contributed by atoms with van der Waals surface area (Å²) in [5, 5.41) is 7.73. The zero-order valence-electron chi connectivity index (χ0n) is 5.07. The molecule has 0 amide bonds. The van der Waals surface area contributed by atoms with Gasteiger partial charge in [-0.15, -0.1) is 0 Å². The van der Waals surface area contributed by atoms with Crippen LogP contribution in [0.2, 0.25) is 0 Å². The molecule has 0 aliphatic heterocycles. The van der Waals surface area contributed by atoms with Gasteiger partial charge < -0.3 is 4.89 Å². The molecule has 0 radical (unpaired) electrons. The fraction of sp³-hybridized carbons (Fsp3) is 0.167. The molecule has 0 unspecified atom stereocenters. The maximum absolute atomic E-state index is 10.2. The second-order valence-corrected chi connectivity index (χ2v) is 1.40. The van der Waals surface area contributed by atoms with Crippen molar-refractivity contribution in [2.45, 2.75) is 6.92 Å². The minimum absolute atomic E-state index is 0.0439. The number of ketones is 1. The number of allylic oxidation sites excluding steroid dienone is 3. The summed E-state index contributed by atoms with van der Waals surface area (Å²) in [4.78, 5) is 13.8. The van der Waals surface area contributed by atoms with E-state index in [-0.39, 0.29) is 5.78 Å². The molecule has 0 spiro atoms. The Kier molecular flexibility index (Phi) is 4.44. The fourth-order valence-electron chi connectivity index (χ4n) is 0.272. The molecule has 3 heteroatoms. The summed E-state index contributed by atoms with van der Waals surface area (Å²) in [6.07, 6.45) is 5.29. The predicted molar refractivity (Wildman–Crippen MR) is 32.7 cm³/mol. The van der Waals surface area contributed by atoms with Gasteiger partial charge in [-0.2, -0.15) is 0 Å². The molecule has 0 bridgehead atoms. The number of hydrogen-bond donors (Lipinski definition) is 1. The van der Waals surface area contributed by atoms with Crippen LogP contribution in [0.15, 0.2) is 24.5 Å². The summed E-state index contributed by atoms with van der Waals surface area (Å²) in [6, 6.07) is 0. The van der Waals surface area contributed by atoms with E-state index in [2.05, 4.69) is 4.89 Å². The Morgan fingerprint density at radius 2 is 2.22 bits per heavy atom. The number of carbonyl (C=O) groups is 1. The summed E-state index contributed by atoms with van der Waals surface area (Å²) in [5.74, 6) is -0.0439. The van der Waals surface area contributed by atoms with Crippen LogP contribution in [0.5, 0.6) is 0 Å². The Balaban J connectivity index is 3.47. The molecule has 0 aliphatic rings. The van der Waals surface area contributed by atoms with Gasteiger partial charge in [0, 0.05) is 0 Å². The van der Waals surface area contributed by atoms with Crippen molar-refractivity contribution in [3.63, 3.8) is 0 Å². The minimum atomic E-state index is -0.0439. The van der Waals surface area contributed by atoms with E-state index in [4.69, 9.17) is 5.26 Å². The highest BCUT2D eigenvalue weighted by Gasteiger charge is 1.75. The highest BCUT2D eigenvalue weighted by Crippen LogP contribution is 1.77. The normalized spacial score (nSPS) is 10.9. The van der Waals surface area contributed by atoms with Crippen LogP contribution in [0.4, 0.5) is 0 Å². The molecular formula is C6H8O3. The molecule has 50 valence electrons. The maximum Gasteiger partial charge on any atom is 0.152 e. The van der Waals surface area contributed by atoms with Crippen LogP contribution < -0.4 is 0 Å². The van der Waals surface area contributed by atoms with E-state index in [1.807, 2.05) is 0 Å². The first-order valence-electron chi connectivity index (χ1n) is 2.41. The quantitative estimate of drug-likeness (QED) is 0.204. The lowest BCUT2D eigenvalue weighted by molar-refractivity contribution is -0.186. The lowest BCUT2D eigenvalue weighted by atomic mass is 10.4.